The molecule has 0 aromatic carbocycles. The van der Waals surface area contributed by atoms with Crippen molar-refractivity contribution in [3.8, 4) is 0 Å². The number of esters is 2. The summed E-state index contributed by atoms with van der Waals surface area (Å²) in [5, 5.41) is 8.03. The van der Waals surface area contributed by atoms with Gasteiger partial charge in [0.05, 0.1) is 0 Å². The fourth-order valence-electron chi connectivity index (χ4n) is 2.88. The largest absolute Gasteiger partial charge is 0.419 e. The summed E-state index contributed by atoms with van der Waals surface area (Å²) in [5.41, 5.74) is 1.13. The van der Waals surface area contributed by atoms with Gasteiger partial charge in [0.25, 0.3) is 6.29 Å². The van der Waals surface area contributed by atoms with Crippen molar-refractivity contribution in [3.63, 3.8) is 0 Å². The molecule has 0 radical (unpaired) electrons. The number of unbranched alkanes of at least 4 members (excludes halogenated alkanes) is 10. The van der Waals surface area contributed by atoms with Crippen LogP contribution in [0.1, 0.15) is 125 Å². The molecule has 0 unspecified atom stereocenters. The van der Waals surface area contributed by atoms with Crippen molar-refractivity contribution >= 4 is 23.4 Å². The molecule has 0 saturated carbocycles. The molecular weight excluding hydrogens is 380 g/mol. The number of hydrogen-bond acceptors (Lipinski definition) is 6. The van der Waals surface area contributed by atoms with E-state index in [0.29, 0.717) is 18.6 Å². The number of ether oxygens (including phenoxy) is 2. The maximum absolute atomic E-state index is 12.2. The maximum Gasteiger partial charge on any atom is 0.309 e. The second-order valence-electron chi connectivity index (χ2n) is 8.14. The predicted octanol–water partition coefficient (Wildman–Crippen LogP) is 6.76. The van der Waals surface area contributed by atoms with E-state index in [1.807, 2.05) is 13.8 Å². The van der Waals surface area contributed by atoms with Crippen LogP contribution in [-0.2, 0) is 19.1 Å². The normalized spacial score (nSPS) is 11.5. The highest BCUT2D eigenvalue weighted by molar-refractivity contribution is 5.90. The lowest BCUT2D eigenvalue weighted by atomic mass is 10.1. The first-order valence-corrected chi connectivity index (χ1v) is 11.8. The van der Waals surface area contributed by atoms with Crippen LogP contribution >= 0.6 is 0 Å². The molecule has 0 atom stereocenters. The van der Waals surface area contributed by atoms with Gasteiger partial charge in [-0.05, 0) is 33.6 Å². The first-order chi connectivity index (χ1) is 14.4. The van der Waals surface area contributed by atoms with Crippen LogP contribution in [0.3, 0.4) is 0 Å². The second kappa shape index (κ2) is 19.3. The Morgan fingerprint density at radius 3 is 1.43 bits per heavy atom. The van der Waals surface area contributed by atoms with E-state index < -0.39 is 6.29 Å². The Bertz CT molecular complexity index is 495. The molecule has 0 aliphatic carbocycles. The zero-order valence-corrected chi connectivity index (χ0v) is 20.0. The van der Waals surface area contributed by atoms with Crippen molar-refractivity contribution in [1.82, 2.24) is 0 Å². The Labute approximate surface area is 183 Å². The maximum atomic E-state index is 12.2. The molecule has 0 N–H and O–H groups in total. The van der Waals surface area contributed by atoms with Crippen LogP contribution in [0.5, 0.6) is 0 Å². The van der Waals surface area contributed by atoms with Gasteiger partial charge in [0.2, 0.25) is 0 Å². The molecule has 0 spiro atoms. The monoisotopic (exact) mass is 424 g/mol. The molecule has 0 aromatic rings. The number of rotatable bonds is 18. The van der Waals surface area contributed by atoms with Crippen LogP contribution in [0.4, 0.5) is 0 Å². The fourth-order valence-corrected chi connectivity index (χ4v) is 2.88. The van der Waals surface area contributed by atoms with Gasteiger partial charge in [-0.15, -0.1) is 0 Å². The Morgan fingerprint density at radius 2 is 1.03 bits per heavy atom. The average Bonchev–Trinajstić information content (AvgIpc) is 2.70. The lowest BCUT2D eigenvalue weighted by Crippen LogP contribution is -2.31. The summed E-state index contributed by atoms with van der Waals surface area (Å²) in [6.45, 7) is 9.66. The van der Waals surface area contributed by atoms with Gasteiger partial charge in [-0.3, -0.25) is 9.59 Å². The number of carbonyl (C=O) groups is 2. The molecule has 0 rings (SSSR count). The molecule has 0 aliphatic heterocycles. The lowest BCUT2D eigenvalue weighted by Gasteiger charge is -2.17. The predicted molar refractivity (Wildman–Crippen MR) is 124 cm³/mol. The Kier molecular flexibility index (Phi) is 18.2. The van der Waals surface area contributed by atoms with E-state index in [4.69, 9.17) is 9.47 Å². The Morgan fingerprint density at radius 1 is 0.633 bits per heavy atom. The third-order valence-electron chi connectivity index (χ3n) is 4.69. The van der Waals surface area contributed by atoms with Gasteiger partial charge in [-0.25, -0.2) is 0 Å². The van der Waals surface area contributed by atoms with E-state index in [-0.39, 0.29) is 11.9 Å². The van der Waals surface area contributed by atoms with Gasteiger partial charge in [0.1, 0.15) is 5.71 Å². The molecule has 0 saturated heterocycles. The van der Waals surface area contributed by atoms with Crippen LogP contribution < -0.4 is 0 Å². The van der Waals surface area contributed by atoms with Crippen LogP contribution in [-0.4, -0.2) is 29.7 Å². The van der Waals surface area contributed by atoms with Gasteiger partial charge in [0.15, 0.2) is 0 Å². The quantitative estimate of drug-likeness (QED) is 0.0801. The van der Waals surface area contributed by atoms with Gasteiger partial charge in [-0.2, -0.15) is 10.2 Å². The summed E-state index contributed by atoms with van der Waals surface area (Å²) in [7, 11) is 0. The van der Waals surface area contributed by atoms with E-state index in [1.165, 1.54) is 38.5 Å². The zero-order chi connectivity index (χ0) is 22.6. The minimum atomic E-state index is -1.10. The molecule has 6 heteroatoms. The molecule has 30 heavy (non-hydrogen) atoms. The smallest absolute Gasteiger partial charge is 0.309 e. The topological polar surface area (TPSA) is 77.3 Å². The highest BCUT2D eigenvalue weighted by Gasteiger charge is 2.22. The Hall–Kier alpha value is -1.72. The first kappa shape index (κ1) is 28.3. The average molecular weight is 425 g/mol. The standard InChI is InChI=1S/C24H44N2O4/c1-6-8-10-12-14-16-18-22(27)29-24(21(5)26-25-20(3)4)30-23(28)19-17-15-13-11-9-7-2/h24H,6-19H2,1-5H3/b26-21+. The van der Waals surface area contributed by atoms with Gasteiger partial charge < -0.3 is 9.47 Å². The third-order valence-corrected chi connectivity index (χ3v) is 4.69. The number of carbonyl (C=O) groups excluding carboxylic acids is 2. The van der Waals surface area contributed by atoms with Crippen LogP contribution in [0.15, 0.2) is 10.2 Å². The summed E-state index contributed by atoms with van der Waals surface area (Å²) in [5.74, 6) is -0.732. The van der Waals surface area contributed by atoms with Crippen LogP contribution in [0, 0.1) is 0 Å². The molecular formula is C24H44N2O4. The van der Waals surface area contributed by atoms with E-state index in [2.05, 4.69) is 24.1 Å². The van der Waals surface area contributed by atoms with E-state index in [0.717, 1.165) is 44.2 Å². The number of nitrogens with zero attached hydrogens (tertiary/aromatic N) is 2. The van der Waals surface area contributed by atoms with Crippen molar-refractivity contribution in [2.45, 2.75) is 131 Å². The summed E-state index contributed by atoms with van der Waals surface area (Å²) in [4.78, 5) is 24.4. The molecule has 0 aliphatic rings. The summed E-state index contributed by atoms with van der Waals surface area (Å²) in [6, 6.07) is 0. The highest BCUT2D eigenvalue weighted by atomic mass is 16.7. The van der Waals surface area contributed by atoms with Crippen LogP contribution in [0.2, 0.25) is 0 Å². The van der Waals surface area contributed by atoms with Gasteiger partial charge >= 0.3 is 11.9 Å². The van der Waals surface area contributed by atoms with Crippen molar-refractivity contribution in [2.24, 2.45) is 10.2 Å². The molecule has 0 amide bonds. The molecule has 0 heterocycles. The zero-order valence-electron chi connectivity index (χ0n) is 20.0. The fraction of sp³-hybridized carbons (Fsp3) is 0.833. The van der Waals surface area contributed by atoms with E-state index in [9.17, 15) is 9.59 Å². The second-order valence-corrected chi connectivity index (χ2v) is 8.14. The van der Waals surface area contributed by atoms with E-state index >= 15 is 0 Å². The third kappa shape index (κ3) is 17.2. The first-order valence-electron chi connectivity index (χ1n) is 11.8. The molecule has 6 nitrogen and oxygen atoms in total. The van der Waals surface area contributed by atoms with Crippen molar-refractivity contribution < 1.29 is 19.1 Å². The summed E-state index contributed by atoms with van der Waals surface area (Å²) >= 11 is 0. The van der Waals surface area contributed by atoms with Crippen LogP contribution in [0.25, 0.3) is 0 Å². The molecule has 0 aromatic heterocycles. The summed E-state index contributed by atoms with van der Waals surface area (Å²) in [6.07, 6.45) is 12.6. The molecule has 0 bridgehead atoms. The number of hydrogen-bond donors (Lipinski definition) is 0. The van der Waals surface area contributed by atoms with Gasteiger partial charge in [0, 0.05) is 18.6 Å². The van der Waals surface area contributed by atoms with Crippen molar-refractivity contribution in [1.29, 1.82) is 0 Å². The van der Waals surface area contributed by atoms with Crippen molar-refractivity contribution in [2.75, 3.05) is 0 Å². The molecule has 0 fully saturated rings. The minimum Gasteiger partial charge on any atom is -0.419 e. The Balaban J connectivity index is 4.54. The SMILES string of the molecule is CCCCCCCCC(=O)OC(OC(=O)CCCCCCCC)/C(C)=N/N=C(C)C. The van der Waals surface area contributed by atoms with E-state index in [1.54, 1.807) is 6.92 Å². The minimum absolute atomic E-state index is 0.320. The lowest BCUT2D eigenvalue weighted by molar-refractivity contribution is -0.176. The molecule has 174 valence electrons. The summed E-state index contributed by atoms with van der Waals surface area (Å²) < 4.78 is 10.8. The highest BCUT2D eigenvalue weighted by Crippen LogP contribution is 2.12. The van der Waals surface area contributed by atoms with Gasteiger partial charge in [-0.1, -0.05) is 78.1 Å². The van der Waals surface area contributed by atoms with Crippen molar-refractivity contribution in [3.05, 3.63) is 0 Å².